The van der Waals surface area contributed by atoms with Crippen LogP contribution in [0, 0.1) is 12.8 Å². The van der Waals surface area contributed by atoms with Crippen LogP contribution in [0.4, 0.5) is 10.5 Å². The molecule has 6 rings (SSSR count). The van der Waals surface area contributed by atoms with E-state index >= 15 is 0 Å². The Morgan fingerprint density at radius 1 is 1.20 bits per heavy atom. The number of carbonyl (C=O) groups is 3. The average molecular weight is 561 g/mol. The second-order valence-corrected chi connectivity index (χ2v) is 11.6. The summed E-state index contributed by atoms with van der Waals surface area (Å²) in [6.07, 6.45) is 3.69. The summed E-state index contributed by atoms with van der Waals surface area (Å²) >= 11 is 1.47. The first-order valence-corrected chi connectivity index (χ1v) is 14.5. The first-order chi connectivity index (χ1) is 19.4. The van der Waals surface area contributed by atoms with Crippen LogP contribution in [-0.2, 0) is 9.59 Å². The Hall–Kier alpha value is -3.83. The number of rotatable bonds is 6. The summed E-state index contributed by atoms with van der Waals surface area (Å²) in [6.45, 7) is 7.34. The number of piperidine rings is 2. The Bertz CT molecular complexity index is 1380. The van der Waals surface area contributed by atoms with E-state index in [1.807, 2.05) is 43.3 Å². The van der Waals surface area contributed by atoms with Gasteiger partial charge in [-0.25, -0.2) is 9.78 Å². The lowest BCUT2D eigenvalue weighted by atomic mass is 9.86. The fraction of sp³-hybridized carbons (Fsp3) is 0.379. The van der Waals surface area contributed by atoms with Crippen molar-refractivity contribution in [3.8, 4) is 11.6 Å². The van der Waals surface area contributed by atoms with E-state index in [4.69, 9.17) is 4.74 Å². The molecule has 4 amide bonds. The molecule has 0 bridgehead atoms. The number of carbonyl (C=O) groups excluding carboxylic acids is 3. The minimum Gasteiger partial charge on any atom is -0.439 e. The maximum Gasteiger partial charge on any atom is 0.326 e. The van der Waals surface area contributed by atoms with E-state index in [1.54, 1.807) is 15.9 Å². The molecule has 4 aliphatic rings. The van der Waals surface area contributed by atoms with Crippen molar-refractivity contribution in [3.63, 3.8) is 0 Å². The summed E-state index contributed by atoms with van der Waals surface area (Å²) in [6, 6.07) is 12.6. The Balaban J connectivity index is 1.19. The van der Waals surface area contributed by atoms with Crippen LogP contribution in [0.2, 0.25) is 0 Å². The van der Waals surface area contributed by atoms with Crippen LogP contribution in [0.25, 0.3) is 0 Å². The van der Waals surface area contributed by atoms with Crippen molar-refractivity contribution in [2.45, 2.75) is 43.6 Å². The smallest absolute Gasteiger partial charge is 0.326 e. The monoisotopic (exact) mass is 560 g/mol. The second kappa shape index (κ2) is 11.0. The van der Waals surface area contributed by atoms with Gasteiger partial charge in [-0.2, -0.15) is 0 Å². The van der Waals surface area contributed by atoms with Crippen molar-refractivity contribution < 1.29 is 19.1 Å². The van der Waals surface area contributed by atoms with Crippen LogP contribution in [0.1, 0.15) is 25.0 Å². The minimum absolute atomic E-state index is 0.0159. The van der Waals surface area contributed by atoms with E-state index in [0.717, 1.165) is 37.2 Å². The molecule has 10 nitrogen and oxygen atoms in total. The number of benzene rings is 1. The highest BCUT2D eigenvalue weighted by Gasteiger charge is 2.51. The van der Waals surface area contributed by atoms with Gasteiger partial charge in [-0.1, -0.05) is 24.4 Å². The highest BCUT2D eigenvalue weighted by molar-refractivity contribution is 8.04. The second-order valence-electron chi connectivity index (χ2n) is 10.4. The molecule has 1 aromatic carbocycles. The number of aryl methyl sites for hydroxylation is 1. The number of urea groups is 1. The maximum atomic E-state index is 13.5. The normalized spacial score (nSPS) is 25.7. The highest BCUT2D eigenvalue weighted by atomic mass is 32.2. The molecule has 4 atom stereocenters. The van der Waals surface area contributed by atoms with Crippen LogP contribution in [-0.4, -0.2) is 64.8 Å². The Morgan fingerprint density at radius 2 is 2.02 bits per heavy atom. The number of anilines is 1. The van der Waals surface area contributed by atoms with Gasteiger partial charge in [0.15, 0.2) is 0 Å². The SMILES string of the molecule is C=CC(=O)N1CCC[C@@H](NC(=O)C2=C3NC(=O)N(c4ccc(Oc5cccc(C)n5)cc4)C4CCNC(S2)C34)C1. The molecule has 0 spiro atoms. The van der Waals surface area contributed by atoms with Crippen molar-refractivity contribution in [2.24, 2.45) is 5.92 Å². The average Bonchev–Trinajstić information content (AvgIpc) is 3.33. The van der Waals surface area contributed by atoms with Gasteiger partial charge in [0.05, 0.1) is 16.3 Å². The molecule has 0 radical (unpaired) electrons. The predicted octanol–water partition coefficient (Wildman–Crippen LogP) is 3.27. The molecule has 3 N–H and O–H groups in total. The van der Waals surface area contributed by atoms with Gasteiger partial charge in [-0.3, -0.25) is 14.5 Å². The topological polar surface area (TPSA) is 116 Å². The quantitative estimate of drug-likeness (QED) is 0.465. The van der Waals surface area contributed by atoms with E-state index in [1.165, 1.54) is 17.8 Å². The summed E-state index contributed by atoms with van der Waals surface area (Å²) < 4.78 is 5.89. The zero-order chi connectivity index (χ0) is 27.8. The maximum absolute atomic E-state index is 13.5. The van der Waals surface area contributed by atoms with Gasteiger partial charge in [0.1, 0.15) is 5.75 Å². The lowest BCUT2D eigenvalue weighted by molar-refractivity contribution is -0.128. The van der Waals surface area contributed by atoms with Crippen molar-refractivity contribution in [3.05, 3.63) is 71.4 Å². The molecule has 2 aromatic rings. The molecule has 11 heteroatoms. The van der Waals surface area contributed by atoms with E-state index in [0.29, 0.717) is 35.3 Å². The third-order valence-electron chi connectivity index (χ3n) is 7.79. The molecule has 3 saturated heterocycles. The molecular weight excluding hydrogens is 528 g/mol. The largest absolute Gasteiger partial charge is 0.439 e. The van der Waals surface area contributed by atoms with Gasteiger partial charge in [0.2, 0.25) is 11.8 Å². The fourth-order valence-electron chi connectivity index (χ4n) is 5.97. The van der Waals surface area contributed by atoms with Gasteiger partial charge in [-0.05, 0) is 69.1 Å². The molecule has 0 saturated carbocycles. The van der Waals surface area contributed by atoms with Crippen LogP contribution >= 0.6 is 11.8 Å². The number of hydrogen-bond donors (Lipinski definition) is 3. The Morgan fingerprint density at radius 3 is 2.80 bits per heavy atom. The van der Waals surface area contributed by atoms with Crippen molar-refractivity contribution in [1.82, 2.24) is 25.8 Å². The van der Waals surface area contributed by atoms with Gasteiger partial charge >= 0.3 is 6.03 Å². The molecule has 4 aliphatic heterocycles. The Kier molecular flexibility index (Phi) is 7.24. The molecule has 40 heavy (non-hydrogen) atoms. The molecule has 1 aromatic heterocycles. The molecule has 3 fully saturated rings. The van der Waals surface area contributed by atoms with Crippen molar-refractivity contribution in [2.75, 3.05) is 24.5 Å². The predicted molar refractivity (Wildman–Crippen MR) is 153 cm³/mol. The number of ether oxygens (including phenoxy) is 1. The summed E-state index contributed by atoms with van der Waals surface area (Å²) in [4.78, 5) is 47.4. The Labute approximate surface area is 237 Å². The lowest BCUT2D eigenvalue weighted by Crippen LogP contribution is -2.62. The van der Waals surface area contributed by atoms with Gasteiger partial charge in [-0.15, -0.1) is 0 Å². The highest BCUT2D eigenvalue weighted by Crippen LogP contribution is 2.48. The molecule has 3 unspecified atom stereocenters. The molecule has 0 aliphatic carbocycles. The van der Waals surface area contributed by atoms with Crippen LogP contribution in [0.5, 0.6) is 11.6 Å². The number of likely N-dealkylation sites (tertiary alicyclic amines) is 1. The van der Waals surface area contributed by atoms with Gasteiger partial charge < -0.3 is 25.6 Å². The number of hydrogen-bond acceptors (Lipinski definition) is 7. The standard InChI is InChI=1S/C29H32N6O4S/c1-3-23(36)34-15-5-7-18(16-34)32-27(37)26-25-24-21(13-14-30-28(24)40-26)35(29(38)33-25)19-9-11-20(12-10-19)39-22-8-4-6-17(2)31-22/h3-4,6,8-12,18,21,24,28,30H,1,5,7,13-16H2,2H3,(H,32,37)(H,33,38)/t18-,21?,24?,28?/m1/s1. The van der Waals surface area contributed by atoms with Crippen molar-refractivity contribution in [1.29, 1.82) is 0 Å². The molecular formula is C29H32N6O4S. The number of aromatic nitrogens is 1. The lowest BCUT2D eigenvalue weighted by Gasteiger charge is -2.45. The van der Waals surface area contributed by atoms with Crippen LogP contribution in [0.15, 0.2) is 65.7 Å². The number of nitrogens with zero attached hydrogens (tertiary/aromatic N) is 3. The summed E-state index contributed by atoms with van der Waals surface area (Å²) in [7, 11) is 0. The summed E-state index contributed by atoms with van der Waals surface area (Å²) in [5.41, 5.74) is 2.32. The number of pyridine rings is 1. The number of thioether (sulfide) groups is 1. The number of nitrogens with one attached hydrogen (secondary N) is 3. The fourth-order valence-corrected chi connectivity index (χ4v) is 7.37. The van der Waals surface area contributed by atoms with Crippen LogP contribution in [0.3, 0.4) is 0 Å². The first kappa shape index (κ1) is 26.4. The van der Waals surface area contributed by atoms with E-state index in [-0.39, 0.29) is 41.2 Å². The summed E-state index contributed by atoms with van der Waals surface area (Å²) in [5, 5.41) is 9.67. The summed E-state index contributed by atoms with van der Waals surface area (Å²) in [5.74, 6) is 0.777. The van der Waals surface area contributed by atoms with Gasteiger partial charge in [0.25, 0.3) is 5.91 Å². The number of amides is 4. The molecule has 5 heterocycles. The zero-order valence-electron chi connectivity index (χ0n) is 22.3. The van der Waals surface area contributed by atoms with Crippen LogP contribution < -0.4 is 25.6 Å². The minimum atomic E-state index is -0.251. The van der Waals surface area contributed by atoms with E-state index < -0.39 is 0 Å². The van der Waals surface area contributed by atoms with Gasteiger partial charge in [0, 0.05) is 48.2 Å². The van der Waals surface area contributed by atoms with E-state index in [9.17, 15) is 14.4 Å². The molecule has 208 valence electrons. The van der Waals surface area contributed by atoms with Crippen molar-refractivity contribution >= 4 is 35.3 Å². The first-order valence-electron chi connectivity index (χ1n) is 13.6. The zero-order valence-corrected chi connectivity index (χ0v) is 23.1. The van der Waals surface area contributed by atoms with E-state index in [2.05, 4.69) is 27.5 Å². The third kappa shape index (κ3) is 5.06. The third-order valence-corrected chi connectivity index (χ3v) is 9.15.